The number of morpholine rings is 1. The first kappa shape index (κ1) is 20.2. The molecule has 31 heavy (non-hydrogen) atoms. The first-order valence-electron chi connectivity index (χ1n) is 10.5. The van der Waals surface area contributed by atoms with Gasteiger partial charge < -0.3 is 9.64 Å². The molecule has 0 amide bonds. The predicted molar refractivity (Wildman–Crippen MR) is 110 cm³/mol. The molecule has 1 aliphatic carbocycles. The SMILES string of the molecule is Cc1nc2nc(N3CCO[C@H](c4cnn(C)c4)C3)nc(C3CC(C(F)F)C3)c2nc1C. The second kappa shape index (κ2) is 7.74. The Bertz CT molecular complexity index is 1110. The minimum Gasteiger partial charge on any atom is -0.370 e. The van der Waals surface area contributed by atoms with Gasteiger partial charge in [-0.05, 0) is 26.7 Å². The van der Waals surface area contributed by atoms with E-state index in [1.807, 2.05) is 27.1 Å². The number of fused-ring (bicyclic) bond motifs is 1. The molecule has 2 fully saturated rings. The zero-order chi connectivity index (χ0) is 21.7. The van der Waals surface area contributed by atoms with Gasteiger partial charge in [0, 0.05) is 37.2 Å². The Morgan fingerprint density at radius 2 is 1.87 bits per heavy atom. The molecule has 5 rings (SSSR count). The highest BCUT2D eigenvalue weighted by molar-refractivity contribution is 5.75. The Balaban J connectivity index is 1.50. The van der Waals surface area contributed by atoms with Crippen molar-refractivity contribution in [3.8, 4) is 0 Å². The van der Waals surface area contributed by atoms with E-state index in [0.717, 1.165) is 22.6 Å². The Kier molecular flexibility index (Phi) is 5.04. The molecule has 0 spiro atoms. The lowest BCUT2D eigenvalue weighted by molar-refractivity contribution is 0.0220. The van der Waals surface area contributed by atoms with Crippen molar-refractivity contribution in [2.45, 2.75) is 45.1 Å². The Hall–Kier alpha value is -2.75. The van der Waals surface area contributed by atoms with Gasteiger partial charge in [0.1, 0.15) is 11.6 Å². The molecule has 1 saturated carbocycles. The molecule has 0 radical (unpaired) electrons. The van der Waals surface area contributed by atoms with E-state index in [0.29, 0.717) is 49.7 Å². The Morgan fingerprint density at radius 1 is 1.10 bits per heavy atom. The Morgan fingerprint density at radius 3 is 2.58 bits per heavy atom. The zero-order valence-corrected chi connectivity index (χ0v) is 17.8. The normalized spacial score (nSPS) is 24.1. The monoisotopic (exact) mass is 429 g/mol. The third kappa shape index (κ3) is 3.73. The van der Waals surface area contributed by atoms with Crippen LogP contribution in [0.25, 0.3) is 11.2 Å². The third-order valence-electron chi connectivity index (χ3n) is 6.32. The van der Waals surface area contributed by atoms with Crippen molar-refractivity contribution in [3.63, 3.8) is 0 Å². The van der Waals surface area contributed by atoms with Gasteiger partial charge in [0.15, 0.2) is 5.65 Å². The number of ether oxygens (including phenoxy) is 1. The molecule has 0 N–H and O–H groups in total. The highest BCUT2D eigenvalue weighted by Crippen LogP contribution is 2.45. The van der Waals surface area contributed by atoms with Gasteiger partial charge in [-0.15, -0.1) is 0 Å². The Labute approximate surface area is 178 Å². The number of rotatable bonds is 4. The summed E-state index contributed by atoms with van der Waals surface area (Å²) in [7, 11) is 1.87. The minimum absolute atomic E-state index is 0.0465. The van der Waals surface area contributed by atoms with E-state index in [9.17, 15) is 8.78 Å². The van der Waals surface area contributed by atoms with E-state index < -0.39 is 12.3 Å². The molecule has 8 nitrogen and oxygen atoms in total. The number of hydrogen-bond acceptors (Lipinski definition) is 7. The summed E-state index contributed by atoms with van der Waals surface area (Å²) in [5, 5.41) is 4.23. The number of anilines is 1. The number of nitrogens with zero attached hydrogens (tertiary/aromatic N) is 7. The first-order valence-corrected chi connectivity index (χ1v) is 10.5. The quantitative estimate of drug-likeness (QED) is 0.630. The number of halogens is 2. The lowest BCUT2D eigenvalue weighted by Crippen LogP contribution is -2.39. The van der Waals surface area contributed by atoms with Crippen LogP contribution >= 0.6 is 0 Å². The fourth-order valence-electron chi connectivity index (χ4n) is 4.28. The summed E-state index contributed by atoms with van der Waals surface area (Å²) in [6.07, 6.45) is 2.15. The van der Waals surface area contributed by atoms with E-state index in [2.05, 4.69) is 20.0 Å². The van der Waals surface area contributed by atoms with Crippen molar-refractivity contribution in [3.05, 3.63) is 35.0 Å². The van der Waals surface area contributed by atoms with Gasteiger partial charge in [0.2, 0.25) is 12.4 Å². The summed E-state index contributed by atoms with van der Waals surface area (Å²) in [6, 6.07) is 0. The molecular formula is C21H25F2N7O. The summed E-state index contributed by atoms with van der Waals surface area (Å²) in [4.78, 5) is 20.9. The standard InChI is InChI=1S/C21H25F2N7O/c1-11-12(2)26-20-18(25-11)17(13-6-14(7-13)19(22)23)27-21(28-20)30-4-5-31-16(10-30)15-8-24-29(3)9-15/h8-9,13-14,16,19H,4-7,10H2,1-3H3/t13?,14?,16-/m0/s1. The second-order valence-electron chi connectivity index (χ2n) is 8.49. The van der Waals surface area contributed by atoms with Crippen molar-refractivity contribution in [2.75, 3.05) is 24.6 Å². The topological polar surface area (TPSA) is 81.9 Å². The van der Waals surface area contributed by atoms with Crippen LogP contribution in [-0.2, 0) is 11.8 Å². The highest BCUT2D eigenvalue weighted by atomic mass is 19.3. The third-order valence-corrected chi connectivity index (χ3v) is 6.32. The lowest BCUT2D eigenvalue weighted by Gasteiger charge is -2.36. The van der Waals surface area contributed by atoms with Crippen LogP contribution in [0.4, 0.5) is 14.7 Å². The summed E-state index contributed by atoms with van der Waals surface area (Å²) in [5.74, 6) is -0.0659. The van der Waals surface area contributed by atoms with Gasteiger partial charge >= 0.3 is 0 Å². The summed E-state index contributed by atoms with van der Waals surface area (Å²) < 4.78 is 33.9. The molecule has 3 aromatic rings. The van der Waals surface area contributed by atoms with Crippen LogP contribution in [0.15, 0.2) is 12.4 Å². The highest BCUT2D eigenvalue weighted by Gasteiger charge is 2.39. The van der Waals surface area contributed by atoms with Crippen molar-refractivity contribution < 1.29 is 13.5 Å². The maximum absolute atomic E-state index is 13.1. The first-order chi connectivity index (χ1) is 14.9. The number of alkyl halides is 2. The summed E-state index contributed by atoms with van der Waals surface area (Å²) >= 11 is 0. The molecule has 1 atom stereocenters. The van der Waals surface area contributed by atoms with Gasteiger partial charge in [0.25, 0.3) is 0 Å². The van der Waals surface area contributed by atoms with Gasteiger partial charge in [-0.1, -0.05) is 0 Å². The average Bonchev–Trinajstić information content (AvgIpc) is 3.14. The number of hydrogen-bond donors (Lipinski definition) is 0. The fraction of sp³-hybridized carbons (Fsp3) is 0.571. The molecule has 2 aliphatic rings. The van der Waals surface area contributed by atoms with E-state index in [-0.39, 0.29) is 12.0 Å². The maximum atomic E-state index is 13.1. The van der Waals surface area contributed by atoms with E-state index in [1.165, 1.54) is 0 Å². The smallest absolute Gasteiger partial charge is 0.241 e. The van der Waals surface area contributed by atoms with Crippen LogP contribution < -0.4 is 4.90 Å². The average molecular weight is 429 g/mol. The van der Waals surface area contributed by atoms with Crippen molar-refractivity contribution in [1.29, 1.82) is 0 Å². The molecule has 0 aromatic carbocycles. The van der Waals surface area contributed by atoms with Gasteiger partial charge in [-0.2, -0.15) is 10.1 Å². The molecule has 4 heterocycles. The number of aromatic nitrogens is 6. The van der Waals surface area contributed by atoms with Gasteiger partial charge in [-0.3, -0.25) is 4.68 Å². The van der Waals surface area contributed by atoms with Crippen LogP contribution in [-0.4, -0.2) is 55.8 Å². The second-order valence-corrected chi connectivity index (χ2v) is 8.49. The van der Waals surface area contributed by atoms with Gasteiger partial charge in [0.05, 0.1) is 36.4 Å². The molecule has 3 aromatic heterocycles. The van der Waals surface area contributed by atoms with Crippen molar-refractivity contribution in [1.82, 2.24) is 29.7 Å². The molecule has 0 unspecified atom stereocenters. The van der Waals surface area contributed by atoms with E-state index >= 15 is 0 Å². The molecule has 1 aliphatic heterocycles. The molecule has 0 bridgehead atoms. The zero-order valence-electron chi connectivity index (χ0n) is 17.8. The van der Waals surface area contributed by atoms with Crippen LogP contribution in [0.2, 0.25) is 0 Å². The lowest BCUT2D eigenvalue weighted by atomic mass is 9.73. The minimum atomic E-state index is -2.29. The van der Waals surface area contributed by atoms with Crippen molar-refractivity contribution in [2.24, 2.45) is 13.0 Å². The molecule has 164 valence electrons. The van der Waals surface area contributed by atoms with Crippen LogP contribution in [0.1, 0.15) is 47.5 Å². The summed E-state index contributed by atoms with van der Waals surface area (Å²) in [5.41, 5.74) is 4.49. The molecule has 10 heteroatoms. The molecule has 1 saturated heterocycles. The van der Waals surface area contributed by atoms with Crippen LogP contribution in [0, 0.1) is 19.8 Å². The number of aryl methyl sites for hydroxylation is 3. The fourth-order valence-corrected chi connectivity index (χ4v) is 4.28. The molecular weight excluding hydrogens is 404 g/mol. The van der Waals surface area contributed by atoms with E-state index in [1.54, 1.807) is 10.9 Å². The van der Waals surface area contributed by atoms with Crippen LogP contribution in [0.5, 0.6) is 0 Å². The summed E-state index contributed by atoms with van der Waals surface area (Å²) in [6.45, 7) is 5.55. The maximum Gasteiger partial charge on any atom is 0.241 e. The predicted octanol–water partition coefficient (Wildman–Crippen LogP) is 3.11. The van der Waals surface area contributed by atoms with E-state index in [4.69, 9.17) is 14.7 Å². The van der Waals surface area contributed by atoms with Crippen LogP contribution in [0.3, 0.4) is 0 Å². The van der Waals surface area contributed by atoms with Gasteiger partial charge in [-0.25, -0.2) is 23.7 Å². The largest absolute Gasteiger partial charge is 0.370 e. The van der Waals surface area contributed by atoms with Crippen molar-refractivity contribution >= 4 is 17.1 Å².